The molecule has 8 heteroatoms. The van der Waals surface area contributed by atoms with Gasteiger partial charge in [0, 0.05) is 44.5 Å². The number of nitrogens with one attached hydrogen (secondary N) is 1. The maximum Gasteiger partial charge on any atom is 0.418 e. The number of hydrogen-bond donors (Lipinski definition) is 2. The van der Waals surface area contributed by atoms with E-state index in [0.717, 1.165) is 11.6 Å². The summed E-state index contributed by atoms with van der Waals surface area (Å²) in [6, 6.07) is 8.02. The molecule has 1 unspecified atom stereocenters. The molecule has 0 amide bonds. The standard InChI is InChI=1S/C23H20F3N3OS/c1-3-13-4-6-14(7-5-13)21-16-11-31(30)9-8-15(16)20-19(12(2)27)18(28)10-17(22(20)29-21)23(24,25)26/h3-7,10,27H,1,8-9,11,28H2,2H3. The molecule has 1 aliphatic heterocycles. The van der Waals surface area contributed by atoms with E-state index in [9.17, 15) is 17.4 Å². The van der Waals surface area contributed by atoms with Crippen LogP contribution in [-0.2, 0) is 29.1 Å². The molecule has 1 aliphatic rings. The number of alkyl halides is 3. The van der Waals surface area contributed by atoms with Gasteiger partial charge in [0.15, 0.2) is 0 Å². The molecule has 160 valence electrons. The second-order valence-electron chi connectivity index (χ2n) is 7.52. The van der Waals surface area contributed by atoms with Crippen LogP contribution in [0.4, 0.5) is 18.9 Å². The first kappa shape index (κ1) is 21.2. The van der Waals surface area contributed by atoms with E-state index in [0.29, 0.717) is 34.6 Å². The third kappa shape index (κ3) is 3.65. The minimum absolute atomic E-state index is 0.0648. The zero-order valence-electron chi connectivity index (χ0n) is 16.8. The summed E-state index contributed by atoms with van der Waals surface area (Å²) < 4.78 is 54.2. The van der Waals surface area contributed by atoms with Gasteiger partial charge in [-0.15, -0.1) is 0 Å². The Morgan fingerprint density at radius 2 is 1.94 bits per heavy atom. The van der Waals surface area contributed by atoms with Crippen molar-refractivity contribution < 1.29 is 17.4 Å². The van der Waals surface area contributed by atoms with Gasteiger partial charge in [-0.25, -0.2) is 4.98 Å². The Hall–Kier alpha value is -3.00. The summed E-state index contributed by atoms with van der Waals surface area (Å²) in [4.78, 5) is 4.47. The van der Waals surface area contributed by atoms with Crippen molar-refractivity contribution in [1.82, 2.24) is 4.98 Å². The SMILES string of the molecule is C=Cc1ccc(-c2nc3c(C(F)(F)F)cc(N)c(C(C)=N)c3c3c2CS(=O)CC3)cc1. The highest BCUT2D eigenvalue weighted by atomic mass is 32.2. The fourth-order valence-electron chi connectivity index (χ4n) is 4.09. The highest BCUT2D eigenvalue weighted by molar-refractivity contribution is 7.84. The van der Waals surface area contributed by atoms with Crippen LogP contribution in [0, 0.1) is 5.41 Å². The zero-order valence-corrected chi connectivity index (χ0v) is 17.6. The van der Waals surface area contributed by atoms with Crippen molar-refractivity contribution >= 4 is 39.2 Å². The first-order valence-electron chi connectivity index (χ1n) is 9.60. The third-order valence-electron chi connectivity index (χ3n) is 5.49. The quantitative estimate of drug-likeness (QED) is 0.424. The van der Waals surface area contributed by atoms with Crippen molar-refractivity contribution in [2.75, 3.05) is 11.5 Å². The Kier molecular flexibility index (Phi) is 5.21. The van der Waals surface area contributed by atoms with Gasteiger partial charge in [0.05, 0.1) is 22.5 Å². The molecule has 2 heterocycles. The number of benzene rings is 2. The fourth-order valence-corrected chi connectivity index (χ4v) is 5.30. The van der Waals surface area contributed by atoms with E-state index in [-0.39, 0.29) is 33.6 Å². The second-order valence-corrected chi connectivity index (χ2v) is 9.09. The van der Waals surface area contributed by atoms with Crippen LogP contribution in [0.1, 0.15) is 34.7 Å². The average molecular weight is 443 g/mol. The summed E-state index contributed by atoms with van der Waals surface area (Å²) in [5, 5.41) is 8.39. The first-order chi connectivity index (χ1) is 14.6. The van der Waals surface area contributed by atoms with Crippen LogP contribution in [0.25, 0.3) is 28.2 Å². The van der Waals surface area contributed by atoms with E-state index in [4.69, 9.17) is 11.1 Å². The maximum absolute atomic E-state index is 13.9. The van der Waals surface area contributed by atoms with Crippen LogP contribution in [0.15, 0.2) is 36.9 Å². The Morgan fingerprint density at radius 1 is 1.26 bits per heavy atom. The van der Waals surface area contributed by atoms with Crippen LogP contribution in [-0.4, -0.2) is 20.7 Å². The van der Waals surface area contributed by atoms with Gasteiger partial charge in [-0.05, 0) is 36.1 Å². The van der Waals surface area contributed by atoms with E-state index >= 15 is 0 Å². The van der Waals surface area contributed by atoms with Gasteiger partial charge in [-0.1, -0.05) is 36.9 Å². The zero-order chi connectivity index (χ0) is 22.5. The Morgan fingerprint density at radius 3 is 2.52 bits per heavy atom. The van der Waals surface area contributed by atoms with Crippen LogP contribution < -0.4 is 5.73 Å². The Balaban J connectivity index is 2.18. The average Bonchev–Trinajstić information content (AvgIpc) is 2.71. The van der Waals surface area contributed by atoms with E-state index in [1.54, 1.807) is 30.3 Å². The Bertz CT molecular complexity index is 1260. The summed E-state index contributed by atoms with van der Waals surface area (Å²) in [5.41, 5.74) is 8.25. The van der Waals surface area contributed by atoms with Gasteiger partial charge in [0.2, 0.25) is 0 Å². The highest BCUT2D eigenvalue weighted by Gasteiger charge is 2.37. The monoisotopic (exact) mass is 443 g/mol. The number of halogens is 3. The molecule has 1 aromatic heterocycles. The third-order valence-corrected chi connectivity index (χ3v) is 6.76. The minimum Gasteiger partial charge on any atom is -0.398 e. The molecule has 0 radical (unpaired) electrons. The number of rotatable bonds is 3. The summed E-state index contributed by atoms with van der Waals surface area (Å²) >= 11 is 0. The number of nitrogen functional groups attached to an aromatic ring is 1. The lowest BCUT2D eigenvalue weighted by atomic mass is 9.89. The molecule has 0 bridgehead atoms. The molecule has 0 saturated carbocycles. The maximum atomic E-state index is 13.9. The molecule has 3 N–H and O–H groups in total. The molecular formula is C23H20F3N3OS. The topological polar surface area (TPSA) is 79.8 Å². The number of aryl methyl sites for hydroxylation is 1. The number of nitrogens with two attached hydrogens (primary N) is 1. The predicted molar refractivity (Wildman–Crippen MR) is 120 cm³/mol. The van der Waals surface area contributed by atoms with Crippen molar-refractivity contribution in [3.63, 3.8) is 0 Å². The lowest BCUT2D eigenvalue weighted by Crippen LogP contribution is -2.19. The largest absolute Gasteiger partial charge is 0.418 e. The lowest BCUT2D eigenvalue weighted by molar-refractivity contribution is -0.136. The van der Waals surface area contributed by atoms with Gasteiger partial charge in [-0.2, -0.15) is 13.2 Å². The summed E-state index contributed by atoms with van der Waals surface area (Å²) in [6.07, 6.45) is -2.66. The number of anilines is 1. The van der Waals surface area contributed by atoms with Gasteiger partial charge >= 0.3 is 6.18 Å². The fraction of sp³-hybridized carbons (Fsp3) is 0.217. The van der Waals surface area contributed by atoms with Crippen molar-refractivity contribution in [2.45, 2.75) is 25.3 Å². The van der Waals surface area contributed by atoms with Crippen molar-refractivity contribution in [1.29, 1.82) is 5.41 Å². The van der Waals surface area contributed by atoms with Gasteiger partial charge < -0.3 is 11.1 Å². The molecule has 3 aromatic rings. The van der Waals surface area contributed by atoms with E-state index in [1.807, 2.05) is 0 Å². The molecule has 0 aliphatic carbocycles. The molecule has 0 spiro atoms. The van der Waals surface area contributed by atoms with E-state index in [2.05, 4.69) is 11.6 Å². The summed E-state index contributed by atoms with van der Waals surface area (Å²) in [5.74, 6) is 0.539. The molecular weight excluding hydrogens is 423 g/mol. The molecule has 1 atom stereocenters. The first-order valence-corrected chi connectivity index (χ1v) is 11.1. The molecule has 2 aromatic carbocycles. The van der Waals surface area contributed by atoms with Crippen molar-refractivity contribution in [2.24, 2.45) is 0 Å². The van der Waals surface area contributed by atoms with Gasteiger partial charge in [0.1, 0.15) is 0 Å². The number of pyridine rings is 1. The van der Waals surface area contributed by atoms with Crippen LogP contribution in [0.3, 0.4) is 0 Å². The summed E-state index contributed by atoms with van der Waals surface area (Å²) in [6.45, 7) is 5.21. The lowest BCUT2D eigenvalue weighted by Gasteiger charge is -2.25. The second kappa shape index (κ2) is 7.60. The smallest absolute Gasteiger partial charge is 0.398 e. The number of fused-ring (bicyclic) bond motifs is 3. The number of hydrogen-bond acceptors (Lipinski definition) is 4. The Labute approximate surface area is 180 Å². The van der Waals surface area contributed by atoms with Crippen LogP contribution in [0.2, 0.25) is 0 Å². The van der Waals surface area contributed by atoms with Gasteiger partial charge in [-0.3, -0.25) is 4.21 Å². The number of nitrogens with zero attached hydrogens (tertiary/aromatic N) is 1. The number of aromatic nitrogens is 1. The summed E-state index contributed by atoms with van der Waals surface area (Å²) in [7, 11) is -1.14. The molecule has 31 heavy (non-hydrogen) atoms. The molecule has 4 nitrogen and oxygen atoms in total. The minimum atomic E-state index is -4.66. The normalized spacial score (nSPS) is 16.2. The van der Waals surface area contributed by atoms with E-state index < -0.39 is 22.5 Å². The highest BCUT2D eigenvalue weighted by Crippen LogP contribution is 2.43. The van der Waals surface area contributed by atoms with Gasteiger partial charge in [0.25, 0.3) is 0 Å². The molecule has 0 saturated heterocycles. The van der Waals surface area contributed by atoms with E-state index in [1.165, 1.54) is 6.92 Å². The molecule has 4 rings (SSSR count). The van der Waals surface area contributed by atoms with Crippen molar-refractivity contribution in [3.8, 4) is 11.3 Å². The van der Waals surface area contributed by atoms with Crippen molar-refractivity contribution in [3.05, 3.63) is 64.7 Å². The molecule has 0 fully saturated rings. The predicted octanol–water partition coefficient (Wildman–Crippen LogP) is 5.34. The van der Waals surface area contributed by atoms with Crippen LogP contribution in [0.5, 0.6) is 0 Å². The van der Waals surface area contributed by atoms with Crippen LogP contribution >= 0.6 is 0 Å².